The Bertz CT molecular complexity index is 390. The van der Waals surface area contributed by atoms with E-state index in [0.29, 0.717) is 0 Å². The van der Waals surface area contributed by atoms with E-state index in [1.54, 1.807) is 0 Å². The summed E-state index contributed by atoms with van der Waals surface area (Å²) in [5.41, 5.74) is 8.92. The van der Waals surface area contributed by atoms with E-state index >= 15 is 0 Å². The lowest BCUT2D eigenvalue weighted by atomic mass is 9.84. The van der Waals surface area contributed by atoms with Crippen LogP contribution in [-0.4, -0.2) is 24.5 Å². The van der Waals surface area contributed by atoms with Crippen molar-refractivity contribution >= 4 is 0 Å². The molecule has 1 aromatic rings. The summed E-state index contributed by atoms with van der Waals surface area (Å²) in [6.45, 7) is 5.40. The van der Waals surface area contributed by atoms with Gasteiger partial charge in [0.25, 0.3) is 0 Å². The summed E-state index contributed by atoms with van der Waals surface area (Å²) in [7, 11) is 2.24. The van der Waals surface area contributed by atoms with E-state index in [1.807, 2.05) is 0 Å². The minimum Gasteiger partial charge on any atom is -0.323 e. The van der Waals surface area contributed by atoms with Crippen LogP contribution in [0.15, 0.2) is 24.3 Å². The zero-order valence-corrected chi connectivity index (χ0v) is 13.3. The molecule has 112 valence electrons. The first kappa shape index (κ1) is 15.5. The lowest BCUT2D eigenvalue weighted by molar-refractivity contribution is 0.156. The van der Waals surface area contributed by atoms with Crippen molar-refractivity contribution < 1.29 is 0 Å². The van der Waals surface area contributed by atoms with E-state index in [9.17, 15) is 0 Å². The van der Waals surface area contributed by atoms with Gasteiger partial charge in [0.05, 0.1) is 0 Å². The van der Waals surface area contributed by atoms with Crippen molar-refractivity contribution in [3.63, 3.8) is 0 Å². The number of aryl methyl sites for hydroxylation is 1. The average molecular weight is 274 g/mol. The molecule has 1 aliphatic rings. The molecule has 0 saturated heterocycles. The maximum atomic E-state index is 6.36. The molecule has 1 saturated carbocycles. The van der Waals surface area contributed by atoms with Crippen molar-refractivity contribution in [3.8, 4) is 0 Å². The van der Waals surface area contributed by atoms with E-state index in [0.717, 1.165) is 18.5 Å². The molecule has 2 heteroatoms. The highest BCUT2D eigenvalue weighted by Gasteiger charge is 2.24. The van der Waals surface area contributed by atoms with E-state index in [4.69, 9.17) is 5.73 Å². The van der Waals surface area contributed by atoms with Gasteiger partial charge in [0.1, 0.15) is 0 Å². The number of likely N-dealkylation sites (N-methyl/N-ethyl adjacent to an activating group) is 1. The Hall–Kier alpha value is -0.860. The fourth-order valence-electron chi connectivity index (χ4n) is 3.37. The summed E-state index contributed by atoms with van der Waals surface area (Å²) in [6, 6.07) is 9.51. The predicted molar refractivity (Wildman–Crippen MR) is 86.8 cm³/mol. The number of hydrogen-bond acceptors (Lipinski definition) is 2. The van der Waals surface area contributed by atoms with Gasteiger partial charge in [-0.3, -0.25) is 0 Å². The molecule has 0 aromatic heterocycles. The number of nitrogens with two attached hydrogens (primary N) is 1. The summed E-state index contributed by atoms with van der Waals surface area (Å²) in [6.07, 6.45) is 6.82. The highest BCUT2D eigenvalue weighted by atomic mass is 15.1. The van der Waals surface area contributed by atoms with Crippen LogP contribution in [-0.2, 0) is 0 Å². The van der Waals surface area contributed by atoms with Crippen LogP contribution in [0.25, 0.3) is 0 Å². The molecule has 0 amide bonds. The van der Waals surface area contributed by atoms with Gasteiger partial charge >= 0.3 is 0 Å². The van der Waals surface area contributed by atoms with Gasteiger partial charge in [0.2, 0.25) is 0 Å². The van der Waals surface area contributed by atoms with Crippen molar-refractivity contribution in [3.05, 3.63) is 35.4 Å². The third-order valence-electron chi connectivity index (χ3n) is 5.01. The summed E-state index contributed by atoms with van der Waals surface area (Å²) in [5, 5.41) is 0. The molecule has 0 spiro atoms. The fourth-order valence-corrected chi connectivity index (χ4v) is 3.37. The molecule has 1 aliphatic carbocycles. The molecule has 1 aromatic carbocycles. The van der Waals surface area contributed by atoms with Crippen LogP contribution in [0.3, 0.4) is 0 Å². The van der Waals surface area contributed by atoms with E-state index in [1.165, 1.54) is 43.2 Å². The Morgan fingerprint density at radius 1 is 1.15 bits per heavy atom. The zero-order chi connectivity index (χ0) is 14.5. The monoisotopic (exact) mass is 274 g/mol. The van der Waals surface area contributed by atoms with Crippen LogP contribution >= 0.6 is 0 Å². The maximum absolute atomic E-state index is 6.36. The molecule has 0 aliphatic heterocycles. The highest BCUT2D eigenvalue weighted by Crippen LogP contribution is 2.29. The second kappa shape index (κ2) is 7.24. The fraction of sp³-hybridized carbons (Fsp3) is 0.667. The predicted octanol–water partition coefficient (Wildman–Crippen LogP) is 3.90. The van der Waals surface area contributed by atoms with Gasteiger partial charge in [-0.15, -0.1) is 0 Å². The zero-order valence-electron chi connectivity index (χ0n) is 13.3. The van der Waals surface area contributed by atoms with Crippen molar-refractivity contribution in [1.82, 2.24) is 4.90 Å². The Labute approximate surface area is 124 Å². The normalized spacial score (nSPS) is 24.9. The molecule has 0 radical (unpaired) electrons. The third kappa shape index (κ3) is 4.07. The van der Waals surface area contributed by atoms with Gasteiger partial charge in [-0.25, -0.2) is 0 Å². The Morgan fingerprint density at radius 3 is 2.30 bits per heavy atom. The molecule has 1 unspecified atom stereocenters. The summed E-state index contributed by atoms with van der Waals surface area (Å²) < 4.78 is 0. The number of nitrogens with zero attached hydrogens (tertiary/aromatic N) is 1. The molecule has 1 fully saturated rings. The van der Waals surface area contributed by atoms with Crippen LogP contribution in [0.2, 0.25) is 0 Å². The SMILES string of the molecule is CCC1CCC(N(C)CC(N)c2ccc(C)cc2)CC1. The van der Waals surface area contributed by atoms with Gasteiger partial charge in [-0.2, -0.15) is 0 Å². The standard InChI is InChI=1S/C18H30N2/c1-4-15-7-11-17(12-8-15)20(3)13-18(19)16-9-5-14(2)6-10-16/h5-6,9-10,15,17-18H,4,7-8,11-13,19H2,1-3H3. The molecule has 2 N–H and O–H groups in total. The Balaban J connectivity index is 1.84. The van der Waals surface area contributed by atoms with Gasteiger partial charge < -0.3 is 10.6 Å². The van der Waals surface area contributed by atoms with Crippen molar-refractivity contribution in [2.45, 2.75) is 58.0 Å². The number of hydrogen-bond donors (Lipinski definition) is 1. The molecule has 0 bridgehead atoms. The van der Waals surface area contributed by atoms with Gasteiger partial charge in [-0.05, 0) is 51.1 Å². The summed E-state index contributed by atoms with van der Waals surface area (Å²) in [5.74, 6) is 0.963. The van der Waals surface area contributed by atoms with Gasteiger partial charge in [0, 0.05) is 18.6 Å². The minimum absolute atomic E-state index is 0.129. The molecule has 0 heterocycles. The van der Waals surface area contributed by atoms with E-state index in [-0.39, 0.29) is 6.04 Å². The lowest BCUT2D eigenvalue weighted by Crippen LogP contribution is -2.39. The first-order chi connectivity index (χ1) is 9.60. The van der Waals surface area contributed by atoms with Crippen LogP contribution < -0.4 is 5.73 Å². The van der Waals surface area contributed by atoms with E-state index < -0.39 is 0 Å². The molecular weight excluding hydrogens is 244 g/mol. The maximum Gasteiger partial charge on any atom is 0.0424 e. The third-order valence-corrected chi connectivity index (χ3v) is 5.01. The molecule has 2 rings (SSSR count). The second-order valence-corrected chi connectivity index (χ2v) is 6.54. The van der Waals surface area contributed by atoms with Crippen molar-refractivity contribution in [2.24, 2.45) is 11.7 Å². The molecule has 1 atom stereocenters. The second-order valence-electron chi connectivity index (χ2n) is 6.54. The van der Waals surface area contributed by atoms with Crippen LogP contribution in [0.1, 0.15) is 56.2 Å². The Kier molecular flexibility index (Phi) is 5.62. The molecular formula is C18H30N2. The van der Waals surface area contributed by atoms with Crippen LogP contribution in [0.5, 0.6) is 0 Å². The van der Waals surface area contributed by atoms with Crippen LogP contribution in [0, 0.1) is 12.8 Å². The highest BCUT2D eigenvalue weighted by molar-refractivity contribution is 5.24. The molecule has 2 nitrogen and oxygen atoms in total. The van der Waals surface area contributed by atoms with Gasteiger partial charge in [-0.1, -0.05) is 43.2 Å². The summed E-state index contributed by atoms with van der Waals surface area (Å²) >= 11 is 0. The Morgan fingerprint density at radius 2 is 1.75 bits per heavy atom. The van der Waals surface area contributed by atoms with Gasteiger partial charge in [0.15, 0.2) is 0 Å². The first-order valence-corrected chi connectivity index (χ1v) is 8.12. The topological polar surface area (TPSA) is 29.3 Å². The molecule has 20 heavy (non-hydrogen) atoms. The largest absolute Gasteiger partial charge is 0.323 e. The smallest absolute Gasteiger partial charge is 0.0424 e. The number of rotatable bonds is 5. The quantitative estimate of drug-likeness (QED) is 0.882. The van der Waals surface area contributed by atoms with Crippen molar-refractivity contribution in [1.29, 1.82) is 0 Å². The van der Waals surface area contributed by atoms with Crippen LogP contribution in [0.4, 0.5) is 0 Å². The first-order valence-electron chi connectivity index (χ1n) is 8.12. The summed E-state index contributed by atoms with van der Waals surface area (Å²) in [4.78, 5) is 2.48. The average Bonchev–Trinajstić information content (AvgIpc) is 2.48. The lowest BCUT2D eigenvalue weighted by Gasteiger charge is -2.35. The van der Waals surface area contributed by atoms with Crippen molar-refractivity contribution in [2.75, 3.05) is 13.6 Å². The van der Waals surface area contributed by atoms with E-state index in [2.05, 4.69) is 50.1 Å². The minimum atomic E-state index is 0.129. The number of benzene rings is 1.